The first-order valence-corrected chi connectivity index (χ1v) is 5.53. The average Bonchev–Trinajstić information content (AvgIpc) is 2.18. The summed E-state index contributed by atoms with van der Waals surface area (Å²) in [5.41, 5.74) is 0.852. The van der Waals surface area contributed by atoms with E-state index in [1.807, 2.05) is 0 Å². The molecule has 0 aliphatic heterocycles. The monoisotopic (exact) mass is 292 g/mol. The molecule has 1 N–H and O–H groups in total. The van der Waals surface area contributed by atoms with Gasteiger partial charge in [-0.2, -0.15) is 0 Å². The maximum absolute atomic E-state index is 10.6. The van der Waals surface area contributed by atoms with Gasteiger partial charge in [-0.1, -0.05) is 33.6 Å². The molecule has 1 atom stereocenters. The van der Waals surface area contributed by atoms with E-state index in [9.17, 15) is 4.79 Å². The highest BCUT2D eigenvalue weighted by atomic mass is 79.9. The lowest BCUT2D eigenvalue weighted by atomic mass is 10.1. The normalized spacial score (nSPS) is 12.2. The van der Waals surface area contributed by atoms with E-state index in [0.717, 1.165) is 5.56 Å². The molecule has 0 amide bonds. The van der Waals surface area contributed by atoms with Crippen LogP contribution in [0, 0.1) is 0 Å². The smallest absolute Gasteiger partial charge is 0.317 e. The van der Waals surface area contributed by atoms with E-state index < -0.39 is 10.8 Å². The molecule has 0 saturated carbocycles. The van der Waals surface area contributed by atoms with Gasteiger partial charge in [0.15, 0.2) is 0 Å². The van der Waals surface area contributed by atoms with E-state index in [2.05, 4.69) is 15.9 Å². The van der Waals surface area contributed by atoms with Gasteiger partial charge in [-0.3, -0.25) is 4.79 Å². The lowest BCUT2D eigenvalue weighted by molar-refractivity contribution is -0.136. The summed E-state index contributed by atoms with van der Waals surface area (Å²) < 4.78 is 4.99. The Bertz CT molecular complexity index is 368. The molecule has 0 spiro atoms. The molecule has 3 nitrogen and oxygen atoms in total. The van der Waals surface area contributed by atoms with Crippen LogP contribution in [-0.4, -0.2) is 23.0 Å². The molecule has 15 heavy (non-hydrogen) atoms. The first-order chi connectivity index (χ1) is 7.04. The zero-order chi connectivity index (χ0) is 11.4. The van der Waals surface area contributed by atoms with Gasteiger partial charge in [0.25, 0.3) is 0 Å². The SMILES string of the molecule is COc1ccc(CC(Br)C(=O)O)cc1Cl. The molecule has 0 radical (unpaired) electrons. The van der Waals surface area contributed by atoms with E-state index in [1.54, 1.807) is 18.2 Å². The highest BCUT2D eigenvalue weighted by molar-refractivity contribution is 9.10. The Morgan fingerprint density at radius 1 is 1.67 bits per heavy atom. The molecular formula is C10H10BrClO3. The first kappa shape index (κ1) is 12.3. The van der Waals surface area contributed by atoms with Crippen molar-refractivity contribution in [1.29, 1.82) is 0 Å². The lowest BCUT2D eigenvalue weighted by Gasteiger charge is -2.07. The van der Waals surface area contributed by atoms with E-state index in [-0.39, 0.29) is 0 Å². The minimum atomic E-state index is -0.887. The minimum absolute atomic E-state index is 0.388. The highest BCUT2D eigenvalue weighted by Gasteiger charge is 2.14. The van der Waals surface area contributed by atoms with Crippen LogP contribution >= 0.6 is 27.5 Å². The molecule has 1 aromatic rings. The quantitative estimate of drug-likeness (QED) is 0.868. The second kappa shape index (κ2) is 5.37. The van der Waals surface area contributed by atoms with Crippen LogP contribution < -0.4 is 4.74 Å². The van der Waals surface area contributed by atoms with Gasteiger partial charge in [0, 0.05) is 0 Å². The highest BCUT2D eigenvalue weighted by Crippen LogP contribution is 2.26. The molecule has 0 aliphatic carbocycles. The van der Waals surface area contributed by atoms with Crippen molar-refractivity contribution in [3.63, 3.8) is 0 Å². The number of carbonyl (C=O) groups is 1. The fourth-order valence-corrected chi connectivity index (χ4v) is 1.79. The number of rotatable bonds is 4. The van der Waals surface area contributed by atoms with Gasteiger partial charge in [0.2, 0.25) is 0 Å². The Balaban J connectivity index is 2.79. The predicted octanol–water partition coefficient (Wildman–Crippen LogP) is 2.74. The van der Waals surface area contributed by atoms with Gasteiger partial charge in [-0.25, -0.2) is 0 Å². The summed E-state index contributed by atoms with van der Waals surface area (Å²) in [6, 6.07) is 5.22. The van der Waals surface area contributed by atoms with Crippen LogP contribution in [0.4, 0.5) is 0 Å². The van der Waals surface area contributed by atoms with Crippen molar-refractivity contribution in [2.75, 3.05) is 7.11 Å². The van der Waals surface area contributed by atoms with Crippen LogP contribution in [0.1, 0.15) is 5.56 Å². The summed E-state index contributed by atoms with van der Waals surface area (Å²) in [5.74, 6) is -0.302. The van der Waals surface area contributed by atoms with Crippen molar-refractivity contribution < 1.29 is 14.6 Å². The molecule has 82 valence electrons. The number of benzene rings is 1. The van der Waals surface area contributed by atoms with Crippen molar-refractivity contribution in [3.8, 4) is 5.75 Å². The van der Waals surface area contributed by atoms with Crippen LogP contribution in [0.5, 0.6) is 5.75 Å². The van der Waals surface area contributed by atoms with E-state index >= 15 is 0 Å². The van der Waals surface area contributed by atoms with Crippen molar-refractivity contribution in [3.05, 3.63) is 28.8 Å². The van der Waals surface area contributed by atoms with E-state index in [4.69, 9.17) is 21.4 Å². The van der Waals surface area contributed by atoms with Crippen LogP contribution in [0.2, 0.25) is 5.02 Å². The van der Waals surface area contributed by atoms with Crippen LogP contribution in [0.3, 0.4) is 0 Å². The molecule has 0 aromatic heterocycles. The molecule has 5 heteroatoms. The average molecular weight is 294 g/mol. The topological polar surface area (TPSA) is 46.5 Å². The summed E-state index contributed by atoms with van der Waals surface area (Å²) in [5, 5.41) is 9.20. The summed E-state index contributed by atoms with van der Waals surface area (Å²) in [6.07, 6.45) is 0.388. The van der Waals surface area contributed by atoms with Crippen LogP contribution in [0.25, 0.3) is 0 Å². The fraction of sp³-hybridized carbons (Fsp3) is 0.300. The van der Waals surface area contributed by atoms with E-state index in [1.165, 1.54) is 7.11 Å². The number of halogens is 2. The van der Waals surface area contributed by atoms with Gasteiger partial charge in [0.1, 0.15) is 10.6 Å². The minimum Gasteiger partial charge on any atom is -0.495 e. The van der Waals surface area contributed by atoms with Crippen LogP contribution in [0.15, 0.2) is 18.2 Å². The molecule has 0 saturated heterocycles. The van der Waals surface area contributed by atoms with Gasteiger partial charge in [0.05, 0.1) is 12.1 Å². The predicted molar refractivity (Wildman–Crippen MR) is 62.1 cm³/mol. The third kappa shape index (κ3) is 3.39. The third-order valence-electron chi connectivity index (χ3n) is 1.90. The van der Waals surface area contributed by atoms with Gasteiger partial charge < -0.3 is 9.84 Å². The Labute approximate surface area is 101 Å². The summed E-state index contributed by atoms with van der Waals surface area (Å²) in [7, 11) is 1.53. The molecule has 1 aromatic carbocycles. The maximum Gasteiger partial charge on any atom is 0.317 e. The Morgan fingerprint density at radius 3 is 2.80 bits per heavy atom. The largest absolute Gasteiger partial charge is 0.495 e. The number of carboxylic acid groups (broad SMARTS) is 1. The van der Waals surface area contributed by atoms with E-state index in [0.29, 0.717) is 17.2 Å². The molecular weight excluding hydrogens is 283 g/mol. The maximum atomic E-state index is 10.6. The molecule has 1 unspecified atom stereocenters. The van der Waals surface area contributed by atoms with Crippen molar-refractivity contribution >= 4 is 33.5 Å². The van der Waals surface area contributed by atoms with Crippen molar-refractivity contribution in [2.24, 2.45) is 0 Å². The number of ether oxygens (including phenoxy) is 1. The Hall–Kier alpha value is -0.740. The zero-order valence-electron chi connectivity index (χ0n) is 8.04. The third-order valence-corrected chi connectivity index (χ3v) is 2.91. The zero-order valence-corrected chi connectivity index (χ0v) is 10.4. The van der Waals surface area contributed by atoms with Gasteiger partial charge >= 0.3 is 5.97 Å². The second-order valence-corrected chi connectivity index (χ2v) is 4.49. The number of methoxy groups -OCH3 is 1. The second-order valence-electron chi connectivity index (χ2n) is 2.98. The number of carboxylic acids is 1. The van der Waals surface area contributed by atoms with Crippen LogP contribution in [-0.2, 0) is 11.2 Å². The van der Waals surface area contributed by atoms with Crippen molar-refractivity contribution in [1.82, 2.24) is 0 Å². The molecule has 0 aliphatic rings. The van der Waals surface area contributed by atoms with Crippen molar-refractivity contribution in [2.45, 2.75) is 11.2 Å². The number of alkyl halides is 1. The standard InChI is InChI=1S/C10H10BrClO3/c1-15-9-3-2-6(5-8(9)12)4-7(11)10(13)14/h2-3,5,7H,4H2,1H3,(H,13,14). The number of hydrogen-bond acceptors (Lipinski definition) is 2. The summed E-state index contributed by atoms with van der Waals surface area (Å²) in [4.78, 5) is 10.0. The molecule has 1 rings (SSSR count). The van der Waals surface area contributed by atoms with Gasteiger partial charge in [-0.05, 0) is 24.1 Å². The Morgan fingerprint density at radius 2 is 2.33 bits per heavy atom. The molecule has 0 heterocycles. The molecule has 0 fully saturated rings. The van der Waals surface area contributed by atoms with Gasteiger partial charge in [-0.15, -0.1) is 0 Å². The number of hydrogen-bond donors (Lipinski definition) is 1. The number of aliphatic carboxylic acids is 1. The summed E-state index contributed by atoms with van der Waals surface area (Å²) >= 11 is 8.97. The lowest BCUT2D eigenvalue weighted by Crippen LogP contribution is -2.15. The summed E-state index contributed by atoms with van der Waals surface area (Å²) in [6.45, 7) is 0. The Kier molecular flexibility index (Phi) is 4.42. The first-order valence-electron chi connectivity index (χ1n) is 4.24. The fourth-order valence-electron chi connectivity index (χ4n) is 1.13. The molecule has 0 bridgehead atoms.